The standard InChI is InChI=1S/C18H16N4O3S/c23-15(10-14-7-4-8-26-14)19-18-21-20-17(25-18)12-9-16(24)22(11-12)13-5-2-1-3-6-13/h1-8,12H,9-11H2,(H,19,21,23)/t12-/m0/s1. The van der Waals surface area contributed by atoms with Gasteiger partial charge in [-0.2, -0.15) is 0 Å². The summed E-state index contributed by atoms with van der Waals surface area (Å²) in [5.41, 5.74) is 0.851. The number of carbonyl (C=O) groups excluding carboxylic acids is 2. The zero-order valence-corrected chi connectivity index (χ0v) is 14.6. The molecule has 8 heteroatoms. The number of carbonyl (C=O) groups is 2. The van der Waals surface area contributed by atoms with Crippen molar-refractivity contribution in [2.24, 2.45) is 0 Å². The molecule has 0 radical (unpaired) electrons. The van der Waals surface area contributed by atoms with E-state index in [0.717, 1.165) is 10.6 Å². The number of nitrogens with one attached hydrogen (secondary N) is 1. The number of thiophene rings is 1. The van der Waals surface area contributed by atoms with Gasteiger partial charge in [-0.1, -0.05) is 29.4 Å². The van der Waals surface area contributed by atoms with Crippen molar-refractivity contribution in [1.82, 2.24) is 10.2 Å². The highest BCUT2D eigenvalue weighted by Gasteiger charge is 2.35. The summed E-state index contributed by atoms with van der Waals surface area (Å²) < 4.78 is 5.56. The van der Waals surface area contributed by atoms with Gasteiger partial charge in [-0.15, -0.1) is 16.4 Å². The highest BCUT2D eigenvalue weighted by Crippen LogP contribution is 2.31. The molecule has 2 aromatic heterocycles. The van der Waals surface area contributed by atoms with E-state index in [1.807, 2.05) is 47.8 Å². The minimum absolute atomic E-state index is 0.0164. The molecule has 1 fully saturated rings. The molecule has 1 N–H and O–H groups in total. The number of amides is 2. The molecule has 0 unspecified atom stereocenters. The lowest BCUT2D eigenvalue weighted by atomic mass is 10.1. The number of aromatic nitrogens is 2. The lowest BCUT2D eigenvalue weighted by Gasteiger charge is -2.15. The molecule has 1 atom stereocenters. The highest BCUT2D eigenvalue weighted by molar-refractivity contribution is 7.10. The molecule has 26 heavy (non-hydrogen) atoms. The molecule has 0 spiro atoms. The maximum atomic E-state index is 12.3. The second-order valence-corrected chi connectivity index (χ2v) is 7.02. The normalized spacial score (nSPS) is 16.8. The first-order valence-electron chi connectivity index (χ1n) is 8.20. The van der Waals surface area contributed by atoms with Gasteiger partial charge in [0.1, 0.15) is 0 Å². The third kappa shape index (κ3) is 3.50. The molecule has 3 heterocycles. The number of hydrogen-bond donors (Lipinski definition) is 1. The first-order chi connectivity index (χ1) is 12.7. The van der Waals surface area contributed by atoms with Crippen LogP contribution in [-0.4, -0.2) is 28.6 Å². The minimum Gasteiger partial charge on any atom is -0.407 e. The van der Waals surface area contributed by atoms with Gasteiger partial charge < -0.3 is 9.32 Å². The second-order valence-electron chi connectivity index (χ2n) is 5.99. The summed E-state index contributed by atoms with van der Waals surface area (Å²) >= 11 is 1.52. The Hall–Kier alpha value is -3.00. The first-order valence-corrected chi connectivity index (χ1v) is 9.08. The van der Waals surface area contributed by atoms with Crippen LogP contribution in [0.1, 0.15) is 23.1 Å². The third-order valence-electron chi connectivity index (χ3n) is 4.14. The summed E-state index contributed by atoms with van der Waals surface area (Å²) in [7, 11) is 0. The number of hydrogen-bond acceptors (Lipinski definition) is 6. The zero-order valence-electron chi connectivity index (χ0n) is 13.8. The van der Waals surface area contributed by atoms with E-state index in [-0.39, 0.29) is 30.2 Å². The fraction of sp³-hybridized carbons (Fsp3) is 0.222. The van der Waals surface area contributed by atoms with E-state index in [1.165, 1.54) is 11.3 Å². The summed E-state index contributed by atoms with van der Waals surface area (Å²) in [4.78, 5) is 27.0. The Morgan fingerprint density at radius 2 is 2.08 bits per heavy atom. The van der Waals surface area contributed by atoms with E-state index in [2.05, 4.69) is 15.5 Å². The number of benzene rings is 1. The van der Waals surface area contributed by atoms with Crippen LogP contribution in [0.5, 0.6) is 0 Å². The van der Waals surface area contributed by atoms with E-state index in [4.69, 9.17) is 4.42 Å². The smallest absolute Gasteiger partial charge is 0.322 e. The van der Waals surface area contributed by atoms with Crippen molar-refractivity contribution in [3.63, 3.8) is 0 Å². The maximum absolute atomic E-state index is 12.3. The first kappa shape index (κ1) is 16.5. The Morgan fingerprint density at radius 3 is 2.85 bits per heavy atom. The molecule has 3 aromatic rings. The molecule has 4 rings (SSSR count). The Balaban J connectivity index is 1.40. The molecule has 2 amide bonds. The number of anilines is 2. The van der Waals surface area contributed by atoms with E-state index in [0.29, 0.717) is 18.9 Å². The van der Waals surface area contributed by atoms with Crippen molar-refractivity contribution < 1.29 is 14.0 Å². The summed E-state index contributed by atoms with van der Waals surface area (Å²) in [6, 6.07) is 13.3. The van der Waals surface area contributed by atoms with Gasteiger partial charge in [0.2, 0.25) is 17.7 Å². The summed E-state index contributed by atoms with van der Waals surface area (Å²) in [6.07, 6.45) is 0.568. The largest absolute Gasteiger partial charge is 0.407 e. The monoisotopic (exact) mass is 368 g/mol. The molecule has 1 aliphatic heterocycles. The number of rotatable bonds is 5. The predicted octanol–water partition coefficient (Wildman–Crippen LogP) is 2.83. The summed E-state index contributed by atoms with van der Waals surface area (Å²) in [5.74, 6) is -0.0138. The van der Waals surface area contributed by atoms with Gasteiger partial charge in [0, 0.05) is 23.5 Å². The maximum Gasteiger partial charge on any atom is 0.322 e. The number of para-hydroxylation sites is 1. The van der Waals surface area contributed by atoms with Crippen LogP contribution in [0.4, 0.5) is 11.7 Å². The third-order valence-corrected chi connectivity index (χ3v) is 5.02. The van der Waals surface area contributed by atoms with Crippen molar-refractivity contribution in [2.45, 2.75) is 18.8 Å². The summed E-state index contributed by atoms with van der Waals surface area (Å²) in [5, 5.41) is 12.4. The van der Waals surface area contributed by atoms with Crippen LogP contribution in [0.25, 0.3) is 0 Å². The van der Waals surface area contributed by atoms with Gasteiger partial charge in [0.15, 0.2) is 0 Å². The van der Waals surface area contributed by atoms with Crippen molar-refractivity contribution in [1.29, 1.82) is 0 Å². The Bertz CT molecular complexity index is 908. The van der Waals surface area contributed by atoms with Crippen LogP contribution < -0.4 is 10.2 Å². The predicted molar refractivity (Wildman–Crippen MR) is 97.1 cm³/mol. The lowest BCUT2D eigenvalue weighted by molar-refractivity contribution is -0.117. The van der Waals surface area contributed by atoms with E-state index >= 15 is 0 Å². The number of nitrogens with zero attached hydrogens (tertiary/aromatic N) is 3. The van der Waals surface area contributed by atoms with Gasteiger partial charge >= 0.3 is 6.01 Å². The quantitative estimate of drug-likeness (QED) is 0.748. The van der Waals surface area contributed by atoms with E-state index in [1.54, 1.807) is 4.90 Å². The highest BCUT2D eigenvalue weighted by atomic mass is 32.1. The average Bonchev–Trinajstić information content (AvgIpc) is 3.37. The fourth-order valence-corrected chi connectivity index (χ4v) is 3.62. The molecule has 1 saturated heterocycles. The second kappa shape index (κ2) is 7.09. The van der Waals surface area contributed by atoms with Gasteiger partial charge in [0.05, 0.1) is 12.3 Å². The van der Waals surface area contributed by atoms with Gasteiger partial charge in [-0.25, -0.2) is 0 Å². The van der Waals surface area contributed by atoms with Crippen LogP contribution in [0, 0.1) is 0 Å². The topological polar surface area (TPSA) is 88.3 Å². The van der Waals surface area contributed by atoms with Gasteiger partial charge in [-0.05, 0) is 23.6 Å². The minimum atomic E-state index is -0.212. The van der Waals surface area contributed by atoms with Crippen molar-refractivity contribution in [2.75, 3.05) is 16.8 Å². The zero-order chi connectivity index (χ0) is 17.9. The SMILES string of the molecule is O=C(Cc1cccs1)Nc1nnc([C@H]2CC(=O)N(c3ccccc3)C2)o1. The lowest BCUT2D eigenvalue weighted by Crippen LogP contribution is -2.24. The molecular formula is C18H16N4O3S. The molecule has 0 aliphatic carbocycles. The summed E-state index contributed by atoms with van der Waals surface area (Å²) in [6.45, 7) is 0.480. The average molecular weight is 368 g/mol. The van der Waals surface area contributed by atoms with Crippen LogP contribution in [0.2, 0.25) is 0 Å². The molecule has 0 saturated carbocycles. The molecule has 1 aliphatic rings. The van der Waals surface area contributed by atoms with Crippen molar-refractivity contribution in [3.05, 3.63) is 58.6 Å². The molecular weight excluding hydrogens is 352 g/mol. The van der Waals surface area contributed by atoms with Crippen molar-refractivity contribution >= 4 is 34.9 Å². The molecule has 7 nitrogen and oxygen atoms in total. The van der Waals surface area contributed by atoms with Crippen LogP contribution in [0.15, 0.2) is 52.3 Å². The van der Waals surface area contributed by atoms with Crippen LogP contribution in [0.3, 0.4) is 0 Å². The fourth-order valence-electron chi connectivity index (χ4n) is 2.92. The Kier molecular flexibility index (Phi) is 4.49. The van der Waals surface area contributed by atoms with E-state index in [9.17, 15) is 9.59 Å². The van der Waals surface area contributed by atoms with Crippen LogP contribution in [-0.2, 0) is 16.0 Å². The van der Waals surface area contributed by atoms with Gasteiger partial charge in [0.25, 0.3) is 0 Å². The Morgan fingerprint density at radius 1 is 1.23 bits per heavy atom. The molecule has 1 aromatic carbocycles. The molecule has 0 bridgehead atoms. The van der Waals surface area contributed by atoms with Gasteiger partial charge in [-0.3, -0.25) is 14.9 Å². The van der Waals surface area contributed by atoms with E-state index < -0.39 is 0 Å². The Labute approximate surface area is 153 Å². The molecule has 132 valence electrons. The van der Waals surface area contributed by atoms with Crippen LogP contribution >= 0.6 is 11.3 Å². The van der Waals surface area contributed by atoms with Crippen molar-refractivity contribution in [3.8, 4) is 0 Å².